The highest BCUT2D eigenvalue weighted by Gasteiger charge is 2.06. The minimum absolute atomic E-state index is 0.224. The van der Waals surface area contributed by atoms with Gasteiger partial charge in [-0.15, -0.1) is 11.8 Å². The van der Waals surface area contributed by atoms with Crippen molar-refractivity contribution in [2.45, 2.75) is 25.5 Å². The molecule has 7 heavy (non-hydrogen) atoms. The summed E-state index contributed by atoms with van der Waals surface area (Å²) in [5.74, 6) is 0. The highest BCUT2D eigenvalue weighted by Crippen LogP contribution is 2.19. The summed E-state index contributed by atoms with van der Waals surface area (Å²) in [5.41, 5.74) is 1.38. The first-order valence-electron chi connectivity index (χ1n) is 2.23. The summed E-state index contributed by atoms with van der Waals surface area (Å²) < 4.78 is 0.224. The van der Waals surface area contributed by atoms with E-state index in [-0.39, 0.29) is 4.75 Å². The summed E-state index contributed by atoms with van der Waals surface area (Å²) in [6.07, 6.45) is 0. The quantitative estimate of drug-likeness (QED) is 0.413. The van der Waals surface area contributed by atoms with Gasteiger partial charge in [0.2, 0.25) is 0 Å². The lowest BCUT2D eigenvalue weighted by atomic mass is 10.3. The smallest absolute Gasteiger partial charge is 0.0511 e. The topological polar surface area (TPSA) is 23.9 Å². The predicted molar refractivity (Wildman–Crippen MR) is 36.1 cm³/mol. The molecule has 1 N–H and O–H groups in total. The van der Waals surface area contributed by atoms with Crippen molar-refractivity contribution in [2.24, 2.45) is 0 Å². The fraction of sp³-hybridized carbons (Fsp3) is 0.800. The Labute approximate surface area is 49.0 Å². The summed E-state index contributed by atoms with van der Waals surface area (Å²) in [7, 11) is 0. The van der Waals surface area contributed by atoms with Crippen LogP contribution in [0.25, 0.3) is 0 Å². The van der Waals surface area contributed by atoms with Crippen LogP contribution in [0.5, 0.6) is 0 Å². The van der Waals surface area contributed by atoms with Crippen molar-refractivity contribution in [1.29, 1.82) is 5.41 Å². The normalized spacial score (nSPS) is 11.3. The molecule has 0 heterocycles. The Hall–Kier alpha value is 0.0200. The van der Waals surface area contributed by atoms with Crippen molar-refractivity contribution in [3.8, 4) is 0 Å². The van der Waals surface area contributed by atoms with Gasteiger partial charge in [0.05, 0.1) is 5.55 Å². The number of rotatable bonds is 1. The Morgan fingerprint density at radius 3 is 1.86 bits per heavy atom. The van der Waals surface area contributed by atoms with E-state index in [1.165, 1.54) is 17.3 Å². The standard InChI is InChI=1S/C5H11NS/c1-5(2,3)7-4-6/h4,6H,1-3H3. The molecule has 1 nitrogen and oxygen atoms in total. The Kier molecular flexibility index (Phi) is 2.37. The molecule has 0 spiro atoms. The molecule has 0 saturated heterocycles. The van der Waals surface area contributed by atoms with Crippen LogP contribution in [-0.2, 0) is 0 Å². The summed E-state index contributed by atoms with van der Waals surface area (Å²) in [4.78, 5) is 0. The Bertz CT molecular complexity index is 63.0. The molecule has 0 rings (SSSR count). The third-order valence-corrected chi connectivity index (χ3v) is 1.24. The molecule has 0 aromatic carbocycles. The van der Waals surface area contributed by atoms with Gasteiger partial charge in [0, 0.05) is 4.75 Å². The van der Waals surface area contributed by atoms with Gasteiger partial charge in [0.15, 0.2) is 0 Å². The third-order valence-electron chi connectivity index (χ3n) is 0.412. The number of nitrogens with one attached hydrogen (secondary N) is 1. The largest absolute Gasteiger partial charge is 0.302 e. The number of thioether (sulfide) groups is 1. The van der Waals surface area contributed by atoms with E-state index in [4.69, 9.17) is 5.41 Å². The molecule has 0 unspecified atom stereocenters. The molecular formula is C5H11NS. The molecule has 0 amide bonds. The van der Waals surface area contributed by atoms with Gasteiger partial charge in [-0.1, -0.05) is 20.8 Å². The second-order valence-corrected chi connectivity index (χ2v) is 4.04. The molecule has 0 aliphatic rings. The maximum atomic E-state index is 6.70. The summed E-state index contributed by atoms with van der Waals surface area (Å²) in [5, 5.41) is 6.70. The van der Waals surface area contributed by atoms with E-state index >= 15 is 0 Å². The van der Waals surface area contributed by atoms with Crippen LogP contribution in [0.1, 0.15) is 20.8 Å². The SMILES string of the molecule is CC(C)(C)SC=N. The summed E-state index contributed by atoms with van der Waals surface area (Å²) in [6.45, 7) is 6.26. The highest BCUT2D eigenvalue weighted by atomic mass is 32.2. The van der Waals surface area contributed by atoms with E-state index in [2.05, 4.69) is 20.8 Å². The molecule has 2 heteroatoms. The van der Waals surface area contributed by atoms with Gasteiger partial charge in [-0.2, -0.15) is 0 Å². The van der Waals surface area contributed by atoms with Crippen LogP contribution < -0.4 is 0 Å². The molecule has 0 fully saturated rings. The fourth-order valence-electron chi connectivity index (χ4n) is 0.177. The van der Waals surface area contributed by atoms with Crippen molar-refractivity contribution in [3.63, 3.8) is 0 Å². The van der Waals surface area contributed by atoms with E-state index in [1.807, 2.05) is 0 Å². The lowest BCUT2D eigenvalue weighted by molar-refractivity contribution is 0.809. The van der Waals surface area contributed by atoms with Crippen LogP contribution in [0, 0.1) is 5.41 Å². The Balaban J connectivity index is 3.34. The average Bonchev–Trinajstić information content (AvgIpc) is 1.30. The Morgan fingerprint density at radius 2 is 1.86 bits per heavy atom. The molecule has 0 radical (unpaired) electrons. The van der Waals surface area contributed by atoms with E-state index in [0.717, 1.165) is 0 Å². The first kappa shape index (κ1) is 7.02. The minimum Gasteiger partial charge on any atom is -0.302 e. The van der Waals surface area contributed by atoms with Crippen LogP contribution in [-0.4, -0.2) is 10.3 Å². The van der Waals surface area contributed by atoms with Crippen LogP contribution in [0.4, 0.5) is 0 Å². The highest BCUT2D eigenvalue weighted by molar-refractivity contribution is 8.13. The zero-order valence-corrected chi connectivity index (χ0v) is 5.80. The van der Waals surface area contributed by atoms with Gasteiger partial charge in [-0.05, 0) is 0 Å². The third kappa shape index (κ3) is 6.02. The van der Waals surface area contributed by atoms with Crippen molar-refractivity contribution >= 4 is 17.3 Å². The molecule has 0 aliphatic carbocycles. The van der Waals surface area contributed by atoms with E-state index in [9.17, 15) is 0 Å². The van der Waals surface area contributed by atoms with E-state index in [0.29, 0.717) is 0 Å². The van der Waals surface area contributed by atoms with Crippen molar-refractivity contribution in [2.75, 3.05) is 0 Å². The van der Waals surface area contributed by atoms with E-state index < -0.39 is 0 Å². The predicted octanol–water partition coefficient (Wildman–Crippen LogP) is 2.13. The maximum absolute atomic E-state index is 6.70. The van der Waals surface area contributed by atoms with E-state index in [1.54, 1.807) is 0 Å². The summed E-state index contributed by atoms with van der Waals surface area (Å²) in [6, 6.07) is 0. The number of hydrogen-bond donors (Lipinski definition) is 1. The molecule has 0 bridgehead atoms. The second-order valence-electron chi connectivity index (χ2n) is 2.35. The molecule has 0 saturated carbocycles. The van der Waals surface area contributed by atoms with Crippen LogP contribution in [0.2, 0.25) is 0 Å². The first-order chi connectivity index (χ1) is 3.06. The molecule has 0 aromatic heterocycles. The molecule has 0 aliphatic heterocycles. The van der Waals surface area contributed by atoms with Crippen LogP contribution in [0.15, 0.2) is 0 Å². The first-order valence-corrected chi connectivity index (χ1v) is 3.11. The Morgan fingerprint density at radius 1 is 1.43 bits per heavy atom. The molecule has 42 valence electrons. The zero-order valence-electron chi connectivity index (χ0n) is 4.99. The van der Waals surface area contributed by atoms with Gasteiger partial charge in [-0.3, -0.25) is 0 Å². The zero-order chi connectivity index (χ0) is 5.91. The van der Waals surface area contributed by atoms with Gasteiger partial charge in [0.1, 0.15) is 0 Å². The van der Waals surface area contributed by atoms with Gasteiger partial charge in [-0.25, -0.2) is 0 Å². The lowest BCUT2D eigenvalue weighted by Crippen LogP contribution is -2.05. The van der Waals surface area contributed by atoms with Crippen LogP contribution in [0.3, 0.4) is 0 Å². The second kappa shape index (κ2) is 2.36. The summed E-state index contributed by atoms with van der Waals surface area (Å²) >= 11 is 1.53. The monoisotopic (exact) mass is 117 g/mol. The maximum Gasteiger partial charge on any atom is 0.0511 e. The van der Waals surface area contributed by atoms with Crippen molar-refractivity contribution in [3.05, 3.63) is 0 Å². The lowest BCUT2D eigenvalue weighted by Gasteiger charge is -2.11. The van der Waals surface area contributed by atoms with Crippen LogP contribution >= 0.6 is 11.8 Å². The molecular weight excluding hydrogens is 106 g/mol. The minimum atomic E-state index is 0.224. The fourth-order valence-corrected chi connectivity index (χ4v) is 0.530. The van der Waals surface area contributed by atoms with Crippen molar-refractivity contribution in [1.82, 2.24) is 0 Å². The van der Waals surface area contributed by atoms with Gasteiger partial charge in [0.25, 0.3) is 0 Å². The number of hydrogen-bond acceptors (Lipinski definition) is 2. The molecule has 0 aromatic rings. The van der Waals surface area contributed by atoms with Gasteiger partial charge < -0.3 is 5.41 Å². The van der Waals surface area contributed by atoms with Gasteiger partial charge >= 0.3 is 0 Å². The van der Waals surface area contributed by atoms with Crippen molar-refractivity contribution < 1.29 is 0 Å². The molecule has 0 atom stereocenters. The average molecular weight is 117 g/mol.